The maximum absolute atomic E-state index is 14.7. The summed E-state index contributed by atoms with van der Waals surface area (Å²) >= 11 is 0. The fraction of sp³-hybridized carbons (Fsp3) is 0.367. The number of morpholine rings is 1. The quantitative estimate of drug-likeness (QED) is 0.104. The molecule has 398 valence electrons. The van der Waals surface area contributed by atoms with E-state index in [-0.39, 0.29) is 42.5 Å². The largest absolute Gasteiger partial charge is 0.384 e. The van der Waals surface area contributed by atoms with E-state index in [4.69, 9.17) is 29.8 Å². The van der Waals surface area contributed by atoms with Gasteiger partial charge in [-0.1, -0.05) is 35.8 Å². The summed E-state index contributed by atoms with van der Waals surface area (Å²) in [7, 11) is 0. The van der Waals surface area contributed by atoms with Crippen molar-refractivity contribution in [3.8, 4) is 58.1 Å². The third kappa shape index (κ3) is 9.68. The summed E-state index contributed by atoms with van der Waals surface area (Å²) in [5, 5.41) is 23.4. The van der Waals surface area contributed by atoms with Crippen LogP contribution >= 0.6 is 0 Å². The summed E-state index contributed by atoms with van der Waals surface area (Å²) in [6.45, 7) is 12.8. The van der Waals surface area contributed by atoms with Crippen molar-refractivity contribution in [2.24, 2.45) is 0 Å². The van der Waals surface area contributed by atoms with Crippen molar-refractivity contribution in [2.45, 2.75) is 89.8 Å². The van der Waals surface area contributed by atoms with Crippen LogP contribution in [0.3, 0.4) is 0 Å². The first-order valence-electron chi connectivity index (χ1n) is 27.4. The Morgan fingerprint density at radius 1 is 0.747 bits per heavy atom. The summed E-state index contributed by atoms with van der Waals surface area (Å²) in [6, 6.07) is 19.6. The van der Waals surface area contributed by atoms with Gasteiger partial charge in [-0.15, -0.1) is 14.9 Å². The number of fused-ring (bicyclic) bond motifs is 2. The van der Waals surface area contributed by atoms with E-state index >= 15 is 0 Å². The molecule has 0 spiro atoms. The van der Waals surface area contributed by atoms with Crippen molar-refractivity contribution in [3.63, 3.8) is 0 Å². The normalized spacial score (nSPS) is 18.1. The van der Waals surface area contributed by atoms with Crippen LogP contribution in [-0.2, 0) is 17.6 Å². The maximum Gasteiger partial charge on any atom is 0.327 e. The molecular weight excluding hydrogens is 995 g/mol. The van der Waals surface area contributed by atoms with Crippen LogP contribution in [0.1, 0.15) is 131 Å². The van der Waals surface area contributed by atoms with Gasteiger partial charge in [-0.05, 0) is 119 Å². The highest BCUT2D eigenvalue weighted by molar-refractivity contribution is 6.09. The van der Waals surface area contributed by atoms with E-state index in [0.29, 0.717) is 95.4 Å². The lowest BCUT2D eigenvalue weighted by Crippen LogP contribution is -2.39. The van der Waals surface area contributed by atoms with Crippen LogP contribution < -0.4 is 14.4 Å². The first-order valence-corrected chi connectivity index (χ1v) is 27.4. The standard InChI is InChI=1S/C60H60N15O4/c1-38(2)73-36-63-66-57(73)48-11-5-13-55(64-48)71-20-18-42-28-44(10-8-24-76)53(30-46(42)59(71)77)70-33-51(62-35-70)47-31-54(47)75-37-74(39(3)4)58(67-75)49-12-6-14-56(65-49)72-21-17-41-27-43(9-7-19-68-22-25-79-26-23-68)52(29-45(41)60(72)78)69-32-50(61-34-69)40-15-16-40/h5-6,11-14,27-30,32-40,47,54,76H,15-26,31H2,1-4H3/q+1. The third-order valence-electron chi connectivity index (χ3n) is 15.6. The molecule has 2 aromatic carbocycles. The van der Waals surface area contributed by atoms with Crippen LogP contribution in [0.15, 0.2) is 98.4 Å². The second kappa shape index (κ2) is 20.6. The number of rotatable bonds is 12. The molecule has 2 atom stereocenters. The van der Waals surface area contributed by atoms with Gasteiger partial charge in [0.15, 0.2) is 5.82 Å². The zero-order valence-corrected chi connectivity index (χ0v) is 44.7. The molecule has 0 bridgehead atoms. The number of aliphatic hydroxyl groups is 1. The number of aromatic nitrogens is 12. The molecule has 5 aliphatic rings. The molecule has 2 unspecified atom stereocenters. The Morgan fingerprint density at radius 2 is 1.37 bits per heavy atom. The van der Waals surface area contributed by atoms with E-state index in [1.165, 1.54) is 0 Å². The molecule has 79 heavy (non-hydrogen) atoms. The lowest BCUT2D eigenvalue weighted by atomic mass is 9.95. The number of hydrogen-bond acceptors (Lipinski definition) is 12. The lowest BCUT2D eigenvalue weighted by molar-refractivity contribution is -0.706. The van der Waals surface area contributed by atoms with Crippen molar-refractivity contribution < 1.29 is 24.0 Å². The molecule has 19 heteroatoms. The van der Waals surface area contributed by atoms with Crippen LogP contribution in [0.2, 0.25) is 0 Å². The van der Waals surface area contributed by atoms with Gasteiger partial charge >= 0.3 is 5.82 Å². The van der Waals surface area contributed by atoms with E-state index in [2.05, 4.69) is 89.6 Å². The number of nitrogens with zero attached hydrogens (tertiary/aromatic N) is 15. The summed E-state index contributed by atoms with van der Waals surface area (Å²) in [4.78, 5) is 54.5. The molecule has 1 N–H and O–H groups in total. The molecule has 3 fully saturated rings. The molecule has 6 aromatic heterocycles. The number of hydrogen-bond donors (Lipinski definition) is 1. The average Bonchev–Trinajstić information content (AvgIpc) is 4.26. The minimum absolute atomic E-state index is 0.0365. The zero-order valence-electron chi connectivity index (χ0n) is 44.7. The van der Waals surface area contributed by atoms with E-state index in [1.807, 2.05) is 85.5 Å². The zero-order chi connectivity index (χ0) is 53.9. The fourth-order valence-corrected chi connectivity index (χ4v) is 11.0. The summed E-state index contributed by atoms with van der Waals surface area (Å²) < 4.78 is 15.6. The van der Waals surface area contributed by atoms with Gasteiger partial charge in [0.1, 0.15) is 42.0 Å². The predicted molar refractivity (Wildman–Crippen MR) is 294 cm³/mol. The number of carbonyl (C=O) groups excluding carboxylic acids is 2. The Balaban J connectivity index is 0.746. The third-order valence-corrected chi connectivity index (χ3v) is 15.6. The molecule has 9 heterocycles. The molecule has 0 radical (unpaired) electrons. The number of aliphatic hydroxyl groups excluding tert-OH is 1. The number of amides is 2. The van der Waals surface area contributed by atoms with Crippen molar-refractivity contribution in [1.82, 2.24) is 58.5 Å². The summed E-state index contributed by atoms with van der Waals surface area (Å²) in [6.07, 6.45) is 15.8. The topological polar surface area (TPSA) is 187 Å². The Hall–Kier alpha value is -8.62. The summed E-state index contributed by atoms with van der Waals surface area (Å²) in [5.41, 5.74) is 9.41. The minimum atomic E-state index is -0.301. The Bertz CT molecular complexity index is 3810. The van der Waals surface area contributed by atoms with Gasteiger partial charge in [-0.2, -0.15) is 0 Å². The van der Waals surface area contributed by atoms with Gasteiger partial charge in [-0.3, -0.25) is 24.3 Å². The first-order chi connectivity index (χ1) is 38.6. The molecular formula is C60H60N15O4+. The van der Waals surface area contributed by atoms with Gasteiger partial charge < -0.3 is 23.5 Å². The number of imidazole rings is 2. The van der Waals surface area contributed by atoms with Gasteiger partial charge in [0.05, 0.1) is 61.2 Å². The average molecular weight is 1060 g/mol. The Kier molecular flexibility index (Phi) is 13.0. The molecule has 1 saturated heterocycles. The number of ether oxygens (including phenoxy) is 1. The molecule has 2 aliphatic carbocycles. The van der Waals surface area contributed by atoms with Crippen LogP contribution in [0.5, 0.6) is 0 Å². The number of pyridine rings is 2. The Morgan fingerprint density at radius 3 is 2.00 bits per heavy atom. The molecule has 2 amide bonds. The summed E-state index contributed by atoms with van der Waals surface area (Å²) in [5.74, 6) is 15.6. The number of carbonyl (C=O) groups is 2. The van der Waals surface area contributed by atoms with Crippen LogP contribution in [0, 0.1) is 23.7 Å². The highest BCUT2D eigenvalue weighted by atomic mass is 16.5. The van der Waals surface area contributed by atoms with Gasteiger partial charge in [0.25, 0.3) is 11.8 Å². The number of anilines is 2. The lowest BCUT2D eigenvalue weighted by Gasteiger charge is -2.29. The van der Waals surface area contributed by atoms with E-state index < -0.39 is 0 Å². The van der Waals surface area contributed by atoms with Crippen LogP contribution in [-0.4, -0.2) is 128 Å². The van der Waals surface area contributed by atoms with Crippen molar-refractivity contribution >= 4 is 23.5 Å². The van der Waals surface area contributed by atoms with E-state index in [1.54, 1.807) is 22.5 Å². The van der Waals surface area contributed by atoms with Gasteiger partial charge in [0, 0.05) is 83.8 Å². The highest BCUT2D eigenvalue weighted by Crippen LogP contribution is 2.50. The molecule has 8 aromatic rings. The smallest absolute Gasteiger partial charge is 0.327 e. The van der Waals surface area contributed by atoms with E-state index in [0.717, 1.165) is 79.3 Å². The van der Waals surface area contributed by atoms with Crippen LogP contribution in [0.25, 0.3) is 34.4 Å². The first kappa shape index (κ1) is 49.9. The predicted octanol–water partition coefficient (Wildman–Crippen LogP) is 6.46. The monoisotopic (exact) mass is 1050 g/mol. The van der Waals surface area contributed by atoms with Crippen molar-refractivity contribution in [2.75, 3.05) is 62.3 Å². The fourth-order valence-electron chi connectivity index (χ4n) is 11.0. The maximum atomic E-state index is 14.7. The Labute approximate surface area is 457 Å². The second-order valence-electron chi connectivity index (χ2n) is 21.5. The molecule has 2 saturated carbocycles. The van der Waals surface area contributed by atoms with E-state index in [9.17, 15) is 14.7 Å². The SMILES string of the molecule is CC(C)n1cnnc1-c1cccc(N2CCc3cc(C#CCO)c(-n4cnc(C5CC5n5c[n+](C(C)C)c(-c6cccc(N7CCc8cc(C#CCN9CCOCC9)c(-n9cnc(C%10CC%10)c9)cc8C7=O)n6)n5)c4)cc3C2=O)n1. The van der Waals surface area contributed by atoms with Crippen LogP contribution in [0.4, 0.5) is 11.6 Å². The number of benzene rings is 2. The van der Waals surface area contributed by atoms with Gasteiger partial charge in [0.2, 0.25) is 6.33 Å². The molecule has 3 aliphatic heterocycles. The van der Waals surface area contributed by atoms with Gasteiger partial charge in [-0.25, -0.2) is 24.5 Å². The second-order valence-corrected chi connectivity index (χ2v) is 21.5. The molecule has 13 rings (SSSR count). The van der Waals surface area contributed by atoms with Crippen molar-refractivity contribution in [1.29, 1.82) is 0 Å². The minimum Gasteiger partial charge on any atom is -0.384 e. The molecule has 19 nitrogen and oxygen atoms in total. The van der Waals surface area contributed by atoms with Crippen molar-refractivity contribution in [3.05, 3.63) is 143 Å². The highest BCUT2D eigenvalue weighted by Gasteiger charge is 2.48.